The predicted octanol–water partition coefficient (Wildman–Crippen LogP) is 4.59. The van der Waals surface area contributed by atoms with E-state index >= 15 is 0 Å². The van der Waals surface area contributed by atoms with Gasteiger partial charge in [-0.15, -0.1) is 12.4 Å². The van der Waals surface area contributed by atoms with Gasteiger partial charge in [-0.3, -0.25) is 4.98 Å². The lowest BCUT2D eigenvalue weighted by atomic mass is 10.00. The highest BCUT2D eigenvalue weighted by Gasteiger charge is 2.13. The van der Waals surface area contributed by atoms with Crippen LogP contribution in [0.15, 0.2) is 85.3 Å². The number of rotatable bonds is 8. The molecule has 0 bridgehead atoms. The van der Waals surface area contributed by atoms with E-state index in [4.69, 9.17) is 16.5 Å². The van der Waals surface area contributed by atoms with Crippen LogP contribution in [-0.4, -0.2) is 21.5 Å². The predicted molar refractivity (Wildman–Crippen MR) is 132 cm³/mol. The van der Waals surface area contributed by atoms with E-state index < -0.39 is 0 Å². The quantitative estimate of drug-likeness (QED) is 0.366. The van der Waals surface area contributed by atoms with E-state index in [1.807, 2.05) is 60.8 Å². The molecular formula is C25H27ClN6. The highest BCUT2D eigenvalue weighted by Crippen LogP contribution is 2.31. The maximum atomic E-state index is 6.31. The second-order valence-corrected chi connectivity index (χ2v) is 7.33. The molecule has 2 aromatic carbocycles. The van der Waals surface area contributed by atoms with Crippen molar-refractivity contribution < 1.29 is 0 Å². The van der Waals surface area contributed by atoms with Gasteiger partial charge in [0.25, 0.3) is 0 Å². The Bertz CT molecular complexity index is 1120. The van der Waals surface area contributed by atoms with Crippen LogP contribution in [0.3, 0.4) is 0 Å². The molecule has 1 atom stereocenters. The first-order chi connectivity index (χ1) is 15.2. The molecule has 0 saturated carbocycles. The second kappa shape index (κ2) is 11.3. The number of hydrogen-bond acceptors (Lipinski definition) is 6. The van der Waals surface area contributed by atoms with Crippen molar-refractivity contribution in [3.8, 4) is 22.4 Å². The fraction of sp³-hybridized carbons (Fsp3) is 0.160. The standard InChI is InChI=1S/C25H26N6.ClH/c26-16-18-5-4-8-21(15-18)22-17-30-25(31-24(22)20-9-12-28-13-10-20)29-14-11-23(27)19-6-2-1-3-7-19;/h1-10,12-13,15,17,23H,11,14,16,26-27H2,(H,29,30,31);1H. The third-order valence-electron chi connectivity index (χ3n) is 5.18. The molecule has 0 saturated heterocycles. The van der Waals surface area contributed by atoms with Gasteiger partial charge in [0.15, 0.2) is 0 Å². The Hall–Kier alpha value is -3.32. The van der Waals surface area contributed by atoms with Crippen molar-refractivity contribution in [1.29, 1.82) is 0 Å². The molecule has 2 aromatic heterocycles. The van der Waals surface area contributed by atoms with E-state index in [-0.39, 0.29) is 18.4 Å². The number of hydrogen-bond donors (Lipinski definition) is 3. The Morgan fingerprint density at radius 1 is 0.906 bits per heavy atom. The smallest absolute Gasteiger partial charge is 0.223 e. The average Bonchev–Trinajstić information content (AvgIpc) is 2.85. The number of nitrogens with two attached hydrogens (primary N) is 2. The van der Waals surface area contributed by atoms with Crippen molar-refractivity contribution in [2.24, 2.45) is 11.5 Å². The Morgan fingerprint density at radius 3 is 2.44 bits per heavy atom. The van der Waals surface area contributed by atoms with Crippen molar-refractivity contribution in [3.63, 3.8) is 0 Å². The van der Waals surface area contributed by atoms with E-state index in [0.29, 0.717) is 19.0 Å². The summed E-state index contributed by atoms with van der Waals surface area (Å²) in [6, 6.07) is 22.1. The van der Waals surface area contributed by atoms with Crippen LogP contribution in [0.4, 0.5) is 5.95 Å². The number of nitrogens with zero attached hydrogens (tertiary/aromatic N) is 3. The summed E-state index contributed by atoms with van der Waals surface area (Å²) in [5.74, 6) is 0.575. The van der Waals surface area contributed by atoms with E-state index in [2.05, 4.69) is 27.4 Å². The normalized spacial score (nSPS) is 11.4. The van der Waals surface area contributed by atoms with Crippen LogP contribution in [0.2, 0.25) is 0 Å². The Kier molecular flexibility index (Phi) is 8.27. The molecule has 0 aliphatic carbocycles. The van der Waals surface area contributed by atoms with Gasteiger partial charge in [-0.1, -0.05) is 48.5 Å². The van der Waals surface area contributed by atoms with Crippen LogP contribution in [-0.2, 0) is 6.54 Å². The summed E-state index contributed by atoms with van der Waals surface area (Å²) in [6.07, 6.45) is 6.17. The van der Waals surface area contributed by atoms with Crippen LogP contribution in [0.1, 0.15) is 23.6 Å². The number of nitrogens with one attached hydrogen (secondary N) is 1. The van der Waals surface area contributed by atoms with Crippen LogP contribution >= 0.6 is 12.4 Å². The summed E-state index contributed by atoms with van der Waals surface area (Å²) in [5.41, 5.74) is 18.1. The lowest BCUT2D eigenvalue weighted by molar-refractivity contribution is 0.673. The minimum atomic E-state index is -0.0355. The summed E-state index contributed by atoms with van der Waals surface area (Å²) in [7, 11) is 0. The molecule has 4 aromatic rings. The molecule has 0 fully saturated rings. The number of halogens is 1. The van der Waals surface area contributed by atoms with Crippen molar-refractivity contribution in [1.82, 2.24) is 15.0 Å². The molecular weight excluding hydrogens is 420 g/mol. The van der Waals surface area contributed by atoms with Gasteiger partial charge in [0.1, 0.15) is 0 Å². The Balaban J connectivity index is 0.00000289. The van der Waals surface area contributed by atoms with E-state index in [1.54, 1.807) is 12.4 Å². The highest BCUT2D eigenvalue weighted by molar-refractivity contribution is 5.85. The zero-order chi connectivity index (χ0) is 21.5. The van der Waals surface area contributed by atoms with Crippen molar-refractivity contribution in [2.75, 3.05) is 11.9 Å². The fourth-order valence-corrected chi connectivity index (χ4v) is 3.48. The molecule has 1 unspecified atom stereocenters. The average molecular weight is 447 g/mol. The van der Waals surface area contributed by atoms with Crippen LogP contribution in [0.25, 0.3) is 22.4 Å². The molecule has 7 heteroatoms. The van der Waals surface area contributed by atoms with Crippen LogP contribution in [0, 0.1) is 0 Å². The Morgan fingerprint density at radius 2 is 1.69 bits per heavy atom. The van der Waals surface area contributed by atoms with Gasteiger partial charge in [-0.05, 0) is 41.3 Å². The van der Waals surface area contributed by atoms with Gasteiger partial charge in [0.05, 0.1) is 5.69 Å². The van der Waals surface area contributed by atoms with Crippen molar-refractivity contribution >= 4 is 18.4 Å². The SMILES string of the molecule is Cl.NCc1cccc(-c2cnc(NCCC(N)c3ccccc3)nc2-c2ccncc2)c1. The maximum Gasteiger partial charge on any atom is 0.223 e. The third kappa shape index (κ3) is 5.68. The van der Waals surface area contributed by atoms with E-state index in [0.717, 1.165) is 39.9 Å². The number of pyridine rings is 1. The molecule has 0 amide bonds. The fourth-order valence-electron chi connectivity index (χ4n) is 3.48. The lowest BCUT2D eigenvalue weighted by Gasteiger charge is -2.14. The van der Waals surface area contributed by atoms with E-state index in [1.165, 1.54) is 0 Å². The minimum absolute atomic E-state index is 0. The monoisotopic (exact) mass is 446 g/mol. The molecule has 2 heterocycles. The van der Waals surface area contributed by atoms with Crippen molar-refractivity contribution in [3.05, 3.63) is 96.4 Å². The molecule has 32 heavy (non-hydrogen) atoms. The molecule has 6 nitrogen and oxygen atoms in total. The molecule has 0 radical (unpaired) electrons. The largest absolute Gasteiger partial charge is 0.354 e. The molecule has 0 aliphatic heterocycles. The van der Waals surface area contributed by atoms with Gasteiger partial charge >= 0.3 is 0 Å². The molecule has 0 aliphatic rings. The first kappa shape index (κ1) is 23.3. The lowest BCUT2D eigenvalue weighted by Crippen LogP contribution is -2.16. The van der Waals surface area contributed by atoms with Crippen LogP contribution < -0.4 is 16.8 Å². The van der Waals surface area contributed by atoms with Gasteiger partial charge in [0.2, 0.25) is 5.95 Å². The molecule has 164 valence electrons. The zero-order valence-corrected chi connectivity index (χ0v) is 18.5. The summed E-state index contributed by atoms with van der Waals surface area (Å²) in [4.78, 5) is 13.5. The van der Waals surface area contributed by atoms with Gasteiger partial charge in [-0.25, -0.2) is 9.97 Å². The van der Waals surface area contributed by atoms with Gasteiger partial charge < -0.3 is 16.8 Å². The van der Waals surface area contributed by atoms with Gasteiger partial charge in [0, 0.05) is 48.8 Å². The minimum Gasteiger partial charge on any atom is -0.354 e. The first-order valence-corrected chi connectivity index (χ1v) is 10.4. The second-order valence-electron chi connectivity index (χ2n) is 7.33. The van der Waals surface area contributed by atoms with Crippen LogP contribution in [0.5, 0.6) is 0 Å². The summed E-state index contributed by atoms with van der Waals surface area (Å²) in [5, 5.41) is 3.32. The third-order valence-corrected chi connectivity index (χ3v) is 5.18. The molecule has 5 N–H and O–H groups in total. The number of anilines is 1. The topological polar surface area (TPSA) is 103 Å². The summed E-state index contributed by atoms with van der Waals surface area (Å²) >= 11 is 0. The molecule has 0 spiro atoms. The molecule has 4 rings (SSSR count). The number of aromatic nitrogens is 3. The first-order valence-electron chi connectivity index (χ1n) is 10.4. The zero-order valence-electron chi connectivity index (χ0n) is 17.7. The number of benzene rings is 2. The van der Waals surface area contributed by atoms with Gasteiger partial charge in [-0.2, -0.15) is 0 Å². The summed E-state index contributed by atoms with van der Waals surface area (Å²) in [6.45, 7) is 1.16. The van der Waals surface area contributed by atoms with Crippen molar-refractivity contribution in [2.45, 2.75) is 19.0 Å². The Labute approximate surface area is 194 Å². The van der Waals surface area contributed by atoms with E-state index in [9.17, 15) is 0 Å². The summed E-state index contributed by atoms with van der Waals surface area (Å²) < 4.78 is 0. The highest BCUT2D eigenvalue weighted by atomic mass is 35.5. The maximum absolute atomic E-state index is 6.31.